The number of ether oxygens (including phenoxy) is 5. The number of carbonyl (C=O) groups excluding carboxylic acids is 3. The lowest BCUT2D eigenvalue weighted by molar-refractivity contribution is -0.183. The largest absolute Gasteiger partial charge is 0.489 e. The molecular formula is C29H38I2O8. The topological polar surface area (TPSA) is 97.4 Å². The molecule has 1 aromatic carbocycles. The Bertz CT molecular complexity index is 1050. The number of hydrogen-bond acceptors (Lipinski definition) is 8. The summed E-state index contributed by atoms with van der Waals surface area (Å²) in [5.74, 6) is -1.05. The number of hydrogen-bond donors (Lipinski definition) is 0. The molecule has 0 aliphatic heterocycles. The maximum atomic E-state index is 13.2. The van der Waals surface area contributed by atoms with Crippen LogP contribution >= 0.6 is 45.2 Å². The summed E-state index contributed by atoms with van der Waals surface area (Å²) in [6.07, 6.45) is 6.22. The summed E-state index contributed by atoms with van der Waals surface area (Å²) in [6, 6.07) is 3.73. The van der Waals surface area contributed by atoms with Crippen LogP contribution in [0, 0.1) is 13.1 Å². The fraction of sp³-hybridized carbons (Fsp3) is 0.621. The van der Waals surface area contributed by atoms with Crippen molar-refractivity contribution in [2.45, 2.75) is 96.6 Å². The van der Waals surface area contributed by atoms with Gasteiger partial charge in [-0.05, 0) is 129 Å². The Morgan fingerprint density at radius 3 is 2.49 bits per heavy atom. The molecule has 0 bridgehead atoms. The highest BCUT2D eigenvalue weighted by Crippen LogP contribution is 2.38. The normalized spacial score (nSPS) is 21.1. The zero-order valence-corrected chi connectivity index (χ0v) is 27.2. The highest BCUT2D eigenvalue weighted by molar-refractivity contribution is 14.1. The van der Waals surface area contributed by atoms with Crippen molar-refractivity contribution in [1.29, 1.82) is 0 Å². The standard InChI is InChI=1S/C29H38I2O8/c1-5-29(11-6-7-12-29)39-28(34)23-16-21(30)17-24(31)25(23)36-14-13-35-19(4)37-27(33)20-9-8-10-22(15-20)38-26(32)18(2)3/h16-17,19-20,22H,2,5-15H2,1,3-4H3. The van der Waals surface area contributed by atoms with Crippen LogP contribution in [0.1, 0.15) is 88.9 Å². The highest BCUT2D eigenvalue weighted by Gasteiger charge is 2.37. The number of benzene rings is 1. The summed E-state index contributed by atoms with van der Waals surface area (Å²) in [6.45, 7) is 9.24. The number of halogens is 2. The molecule has 0 aromatic heterocycles. The molecule has 0 saturated heterocycles. The quantitative estimate of drug-likeness (QED) is 0.0577. The van der Waals surface area contributed by atoms with Crippen molar-refractivity contribution in [2.75, 3.05) is 13.2 Å². The Hall–Kier alpha value is -1.41. The summed E-state index contributed by atoms with van der Waals surface area (Å²) in [4.78, 5) is 37.7. The van der Waals surface area contributed by atoms with E-state index in [0.29, 0.717) is 29.7 Å². The van der Waals surface area contributed by atoms with Crippen LogP contribution in [-0.2, 0) is 28.5 Å². The summed E-state index contributed by atoms with van der Waals surface area (Å²) in [5.41, 5.74) is 0.352. The van der Waals surface area contributed by atoms with E-state index in [2.05, 4.69) is 58.7 Å². The molecule has 3 rings (SSSR count). The molecule has 0 amide bonds. The molecular weight excluding hydrogens is 730 g/mol. The minimum atomic E-state index is -0.772. The van der Waals surface area contributed by atoms with Gasteiger partial charge in [-0.2, -0.15) is 0 Å². The molecule has 1 aromatic rings. The van der Waals surface area contributed by atoms with Gasteiger partial charge < -0.3 is 23.7 Å². The molecule has 10 heteroatoms. The minimum absolute atomic E-state index is 0.160. The fourth-order valence-electron chi connectivity index (χ4n) is 5.03. The Labute approximate surface area is 258 Å². The molecule has 0 radical (unpaired) electrons. The minimum Gasteiger partial charge on any atom is -0.489 e. The smallest absolute Gasteiger partial charge is 0.342 e. The zero-order chi connectivity index (χ0) is 28.6. The van der Waals surface area contributed by atoms with E-state index < -0.39 is 17.9 Å². The molecule has 8 nitrogen and oxygen atoms in total. The third-order valence-electron chi connectivity index (χ3n) is 7.24. The number of carbonyl (C=O) groups is 3. The van der Waals surface area contributed by atoms with Crippen LogP contribution in [0.25, 0.3) is 0 Å². The summed E-state index contributed by atoms with van der Waals surface area (Å²) >= 11 is 4.34. The fourth-order valence-corrected chi connectivity index (χ4v) is 7.03. The second-order valence-electron chi connectivity index (χ2n) is 10.3. The lowest BCUT2D eigenvalue weighted by Gasteiger charge is -2.28. The van der Waals surface area contributed by atoms with Crippen LogP contribution in [0.3, 0.4) is 0 Å². The van der Waals surface area contributed by atoms with Crippen molar-refractivity contribution in [3.63, 3.8) is 0 Å². The highest BCUT2D eigenvalue weighted by atomic mass is 127. The van der Waals surface area contributed by atoms with Crippen LogP contribution in [-0.4, -0.2) is 49.1 Å². The first-order valence-electron chi connectivity index (χ1n) is 13.6. The average molecular weight is 768 g/mol. The van der Waals surface area contributed by atoms with E-state index in [1.165, 1.54) is 0 Å². The Morgan fingerprint density at radius 2 is 1.82 bits per heavy atom. The predicted octanol–water partition coefficient (Wildman–Crippen LogP) is 6.74. The van der Waals surface area contributed by atoms with Crippen LogP contribution in [0.4, 0.5) is 0 Å². The molecule has 2 aliphatic carbocycles. The van der Waals surface area contributed by atoms with E-state index in [-0.39, 0.29) is 37.2 Å². The van der Waals surface area contributed by atoms with Gasteiger partial charge in [0.15, 0.2) is 6.29 Å². The second kappa shape index (κ2) is 15.0. The van der Waals surface area contributed by atoms with Gasteiger partial charge in [-0.3, -0.25) is 4.79 Å². The monoisotopic (exact) mass is 768 g/mol. The molecule has 39 heavy (non-hydrogen) atoms. The van der Waals surface area contributed by atoms with Crippen LogP contribution in [0.5, 0.6) is 5.75 Å². The van der Waals surface area contributed by atoms with Gasteiger partial charge in [0.2, 0.25) is 0 Å². The maximum absolute atomic E-state index is 13.2. The Balaban J connectivity index is 1.49. The number of esters is 3. The molecule has 216 valence electrons. The van der Waals surface area contributed by atoms with Gasteiger partial charge in [0.1, 0.15) is 29.6 Å². The van der Waals surface area contributed by atoms with Gasteiger partial charge in [-0.1, -0.05) is 13.5 Å². The van der Waals surface area contributed by atoms with Gasteiger partial charge in [0.05, 0.1) is 16.1 Å². The van der Waals surface area contributed by atoms with Crippen molar-refractivity contribution in [3.8, 4) is 5.75 Å². The van der Waals surface area contributed by atoms with Crippen molar-refractivity contribution in [3.05, 3.63) is 37.0 Å². The average Bonchev–Trinajstić information content (AvgIpc) is 3.36. The summed E-state index contributed by atoms with van der Waals surface area (Å²) in [7, 11) is 0. The molecule has 0 heterocycles. The van der Waals surface area contributed by atoms with E-state index in [0.717, 1.165) is 52.1 Å². The summed E-state index contributed by atoms with van der Waals surface area (Å²) in [5, 5.41) is 0. The van der Waals surface area contributed by atoms with Gasteiger partial charge in [0.25, 0.3) is 0 Å². The van der Waals surface area contributed by atoms with Gasteiger partial charge in [-0.25, -0.2) is 9.59 Å². The molecule has 3 atom stereocenters. The molecule has 0 spiro atoms. The van der Waals surface area contributed by atoms with Crippen LogP contribution in [0.2, 0.25) is 0 Å². The van der Waals surface area contributed by atoms with Gasteiger partial charge in [0, 0.05) is 9.14 Å². The van der Waals surface area contributed by atoms with E-state index in [1.807, 2.05) is 6.07 Å². The molecule has 2 fully saturated rings. The Kier molecular flexibility index (Phi) is 12.3. The van der Waals surface area contributed by atoms with E-state index in [1.54, 1.807) is 19.9 Å². The number of rotatable bonds is 12. The van der Waals surface area contributed by atoms with Gasteiger partial charge in [-0.15, -0.1) is 0 Å². The van der Waals surface area contributed by atoms with Gasteiger partial charge >= 0.3 is 17.9 Å². The van der Waals surface area contributed by atoms with E-state index >= 15 is 0 Å². The Morgan fingerprint density at radius 1 is 1.10 bits per heavy atom. The maximum Gasteiger partial charge on any atom is 0.342 e. The lowest BCUT2D eigenvalue weighted by Crippen LogP contribution is -2.33. The second-order valence-corrected chi connectivity index (χ2v) is 12.7. The van der Waals surface area contributed by atoms with E-state index in [9.17, 15) is 14.4 Å². The SMILES string of the molecule is C=C(C)C(=O)OC1CCCC(C(=O)OC(C)OCCOc2c(I)cc(I)cc2C(=O)OC2(CC)CCCC2)C1. The first-order chi connectivity index (χ1) is 18.5. The zero-order valence-electron chi connectivity index (χ0n) is 22.9. The van der Waals surface area contributed by atoms with E-state index in [4.69, 9.17) is 23.7 Å². The first kappa shape index (κ1) is 32.1. The summed E-state index contributed by atoms with van der Waals surface area (Å²) < 4.78 is 30.3. The van der Waals surface area contributed by atoms with Crippen molar-refractivity contribution in [2.24, 2.45) is 5.92 Å². The molecule has 2 aliphatic rings. The van der Waals surface area contributed by atoms with Crippen LogP contribution in [0.15, 0.2) is 24.3 Å². The predicted molar refractivity (Wildman–Crippen MR) is 162 cm³/mol. The first-order valence-corrected chi connectivity index (χ1v) is 15.7. The van der Waals surface area contributed by atoms with Crippen LogP contribution < -0.4 is 4.74 Å². The van der Waals surface area contributed by atoms with Crippen molar-refractivity contribution in [1.82, 2.24) is 0 Å². The van der Waals surface area contributed by atoms with Crippen molar-refractivity contribution >= 4 is 63.1 Å². The lowest BCUT2D eigenvalue weighted by atomic mass is 9.87. The van der Waals surface area contributed by atoms with Crippen molar-refractivity contribution < 1.29 is 38.1 Å². The molecule has 0 N–H and O–H groups in total. The third kappa shape index (κ3) is 9.31. The third-order valence-corrected chi connectivity index (χ3v) is 8.67. The molecule has 3 unspecified atom stereocenters. The molecule has 2 saturated carbocycles.